The van der Waals surface area contributed by atoms with E-state index in [1.165, 1.54) is 18.3 Å². The molecule has 0 N–H and O–H groups in total. The highest BCUT2D eigenvalue weighted by molar-refractivity contribution is 7.13. The van der Waals surface area contributed by atoms with E-state index >= 15 is 0 Å². The van der Waals surface area contributed by atoms with Crippen molar-refractivity contribution in [3.8, 4) is 39.1 Å². The number of hydrogen-bond acceptors (Lipinski definition) is 7. The van der Waals surface area contributed by atoms with Crippen molar-refractivity contribution in [3.05, 3.63) is 94.2 Å². The van der Waals surface area contributed by atoms with Gasteiger partial charge in [0.15, 0.2) is 0 Å². The molecule has 198 valence electrons. The van der Waals surface area contributed by atoms with Gasteiger partial charge in [-0.1, -0.05) is 44.4 Å². The number of esters is 1. The molecule has 0 spiro atoms. The minimum Gasteiger partial charge on any atom is -0.457 e. The Kier molecular flexibility index (Phi) is 8.18. The van der Waals surface area contributed by atoms with E-state index in [0.29, 0.717) is 21.9 Å². The number of unbranched alkanes of at least 4 members (excludes halogenated alkanes) is 3. The molecule has 2 heterocycles. The minimum atomic E-state index is -0.487. The molecule has 39 heavy (non-hydrogen) atoms. The number of ether oxygens (including phenoxy) is 2. The van der Waals surface area contributed by atoms with Crippen molar-refractivity contribution in [2.24, 2.45) is 0 Å². The number of carbonyl (C=O) groups excluding carboxylic acids is 1. The zero-order valence-electron chi connectivity index (χ0n) is 21.9. The van der Waals surface area contributed by atoms with Gasteiger partial charge >= 0.3 is 11.6 Å². The number of nitrogens with zero attached hydrogens (tertiary/aromatic N) is 1. The fraction of sp³-hybridized carbons (Fsp3) is 0.219. The first-order chi connectivity index (χ1) is 19.0. The lowest BCUT2D eigenvalue weighted by atomic mass is 10.0. The van der Waals surface area contributed by atoms with Gasteiger partial charge in [-0.2, -0.15) is 0 Å². The monoisotopic (exact) mass is 539 g/mol. The standard InChI is InChI=1S/C32H29NO5S/c1-3-4-5-7-10-23-17-24-18-27(32(35)38-30(24)19-29(23)36-21(2)34)31-33-28(20-39-31)22-13-15-26(16-14-22)37-25-11-8-6-9-12-25/h6,8-9,11-20H,3-5,7,10H2,1-2H3. The van der Waals surface area contributed by atoms with Crippen LogP contribution in [0.1, 0.15) is 45.1 Å². The van der Waals surface area contributed by atoms with E-state index in [-0.39, 0.29) is 0 Å². The Balaban J connectivity index is 1.41. The van der Waals surface area contributed by atoms with Crippen LogP contribution in [0.2, 0.25) is 0 Å². The molecule has 0 bridgehead atoms. The van der Waals surface area contributed by atoms with Crippen molar-refractivity contribution in [2.45, 2.75) is 46.0 Å². The van der Waals surface area contributed by atoms with E-state index in [1.807, 2.05) is 72.1 Å². The van der Waals surface area contributed by atoms with E-state index in [9.17, 15) is 9.59 Å². The van der Waals surface area contributed by atoms with Crippen LogP contribution in [0.3, 0.4) is 0 Å². The molecule has 0 radical (unpaired) electrons. The maximum Gasteiger partial charge on any atom is 0.346 e. The summed E-state index contributed by atoms with van der Waals surface area (Å²) in [6.07, 6.45) is 5.17. The second-order valence-corrected chi connectivity index (χ2v) is 10.2. The normalized spacial score (nSPS) is 11.0. The van der Waals surface area contributed by atoms with Crippen LogP contribution in [0.25, 0.3) is 32.8 Å². The summed E-state index contributed by atoms with van der Waals surface area (Å²) < 4.78 is 17.0. The zero-order chi connectivity index (χ0) is 27.2. The molecule has 3 aromatic carbocycles. The van der Waals surface area contributed by atoms with Gasteiger partial charge in [-0.25, -0.2) is 9.78 Å². The summed E-state index contributed by atoms with van der Waals surface area (Å²) in [5.41, 5.74) is 2.90. The van der Waals surface area contributed by atoms with Crippen LogP contribution in [0.15, 0.2) is 87.4 Å². The fourth-order valence-corrected chi connectivity index (χ4v) is 5.21. The van der Waals surface area contributed by atoms with Gasteiger partial charge in [0.1, 0.15) is 27.8 Å². The average molecular weight is 540 g/mol. The summed E-state index contributed by atoms with van der Waals surface area (Å²) >= 11 is 1.39. The zero-order valence-corrected chi connectivity index (χ0v) is 22.8. The van der Waals surface area contributed by atoms with Gasteiger partial charge in [0.2, 0.25) is 0 Å². The van der Waals surface area contributed by atoms with E-state index in [1.54, 1.807) is 6.07 Å². The largest absolute Gasteiger partial charge is 0.457 e. The molecule has 0 saturated carbocycles. The van der Waals surface area contributed by atoms with E-state index in [0.717, 1.165) is 65.8 Å². The lowest BCUT2D eigenvalue weighted by Gasteiger charge is -2.11. The minimum absolute atomic E-state index is 0.378. The van der Waals surface area contributed by atoms with Crippen molar-refractivity contribution in [1.29, 1.82) is 0 Å². The summed E-state index contributed by atoms with van der Waals surface area (Å²) in [5.74, 6) is 1.54. The number of carbonyl (C=O) groups is 1. The van der Waals surface area contributed by atoms with Gasteiger partial charge in [-0.15, -0.1) is 11.3 Å². The van der Waals surface area contributed by atoms with Crippen LogP contribution in [0, 0.1) is 0 Å². The molecule has 6 nitrogen and oxygen atoms in total. The Morgan fingerprint density at radius 2 is 1.72 bits per heavy atom. The second-order valence-electron chi connectivity index (χ2n) is 9.33. The summed E-state index contributed by atoms with van der Waals surface area (Å²) in [6, 6.07) is 22.7. The number of aromatic nitrogens is 1. The van der Waals surface area contributed by atoms with Gasteiger partial charge in [-0.3, -0.25) is 4.79 Å². The molecule has 5 rings (SSSR count). The molecule has 2 aromatic heterocycles. The molecule has 0 unspecified atom stereocenters. The molecule has 0 aliphatic heterocycles. The highest BCUT2D eigenvalue weighted by Crippen LogP contribution is 2.33. The quantitative estimate of drug-likeness (QED) is 0.0767. The third-order valence-corrected chi connectivity index (χ3v) is 7.21. The van der Waals surface area contributed by atoms with Crippen molar-refractivity contribution in [2.75, 3.05) is 0 Å². The average Bonchev–Trinajstić information content (AvgIpc) is 3.42. The summed E-state index contributed by atoms with van der Waals surface area (Å²) in [4.78, 5) is 29.3. The molecule has 0 fully saturated rings. The number of para-hydroxylation sites is 1. The molecule has 0 aliphatic rings. The van der Waals surface area contributed by atoms with Crippen LogP contribution in [0.4, 0.5) is 0 Å². The Labute approximate surface area is 230 Å². The molecule has 0 saturated heterocycles. The summed E-state index contributed by atoms with van der Waals surface area (Å²) in [6.45, 7) is 3.54. The summed E-state index contributed by atoms with van der Waals surface area (Å²) in [7, 11) is 0. The van der Waals surface area contributed by atoms with Crippen LogP contribution < -0.4 is 15.1 Å². The topological polar surface area (TPSA) is 78.6 Å². The first kappa shape index (κ1) is 26.4. The van der Waals surface area contributed by atoms with E-state index in [2.05, 4.69) is 6.92 Å². The number of hydrogen-bond donors (Lipinski definition) is 0. The third kappa shape index (κ3) is 6.44. The predicted molar refractivity (Wildman–Crippen MR) is 155 cm³/mol. The lowest BCUT2D eigenvalue weighted by Crippen LogP contribution is -2.06. The smallest absolute Gasteiger partial charge is 0.346 e. The van der Waals surface area contributed by atoms with Crippen molar-refractivity contribution < 1.29 is 18.7 Å². The van der Waals surface area contributed by atoms with Crippen LogP contribution in [0.5, 0.6) is 17.2 Å². The molecule has 0 aliphatic carbocycles. The first-order valence-electron chi connectivity index (χ1n) is 13.1. The SMILES string of the molecule is CCCCCCc1cc2cc(-c3nc(-c4ccc(Oc5ccccc5)cc4)cs3)c(=O)oc2cc1OC(C)=O. The second kappa shape index (κ2) is 12.1. The van der Waals surface area contributed by atoms with Gasteiger partial charge in [-0.05, 0) is 66.9 Å². The number of rotatable bonds is 10. The number of fused-ring (bicyclic) bond motifs is 1. The maximum atomic E-state index is 12.9. The molecular weight excluding hydrogens is 510 g/mol. The summed E-state index contributed by atoms with van der Waals surface area (Å²) in [5, 5.41) is 3.28. The molecule has 7 heteroatoms. The highest BCUT2D eigenvalue weighted by atomic mass is 32.1. The fourth-order valence-electron chi connectivity index (χ4n) is 4.38. The molecular formula is C32H29NO5S. The van der Waals surface area contributed by atoms with Gasteiger partial charge in [0.05, 0.1) is 11.3 Å². The van der Waals surface area contributed by atoms with E-state index in [4.69, 9.17) is 18.9 Å². The predicted octanol–water partition coefficient (Wildman–Crippen LogP) is 8.42. The Morgan fingerprint density at radius 3 is 2.46 bits per heavy atom. The number of thiazole rings is 1. The van der Waals surface area contributed by atoms with Crippen molar-refractivity contribution in [1.82, 2.24) is 4.98 Å². The van der Waals surface area contributed by atoms with E-state index < -0.39 is 11.6 Å². The van der Waals surface area contributed by atoms with Gasteiger partial charge < -0.3 is 13.9 Å². The molecule has 5 aromatic rings. The maximum absolute atomic E-state index is 12.9. The van der Waals surface area contributed by atoms with Crippen LogP contribution in [-0.4, -0.2) is 11.0 Å². The lowest BCUT2D eigenvalue weighted by molar-refractivity contribution is -0.131. The van der Waals surface area contributed by atoms with Gasteiger partial charge in [0, 0.05) is 29.3 Å². The molecule has 0 atom stereocenters. The Morgan fingerprint density at radius 1 is 0.949 bits per heavy atom. The highest BCUT2D eigenvalue weighted by Gasteiger charge is 2.16. The van der Waals surface area contributed by atoms with Crippen molar-refractivity contribution >= 4 is 28.3 Å². The first-order valence-corrected chi connectivity index (χ1v) is 14.0. The number of benzene rings is 3. The Hall–Kier alpha value is -4.23. The van der Waals surface area contributed by atoms with Crippen LogP contribution >= 0.6 is 11.3 Å². The van der Waals surface area contributed by atoms with Crippen LogP contribution in [-0.2, 0) is 11.2 Å². The molecule has 0 amide bonds. The van der Waals surface area contributed by atoms with Gasteiger partial charge in [0.25, 0.3) is 0 Å². The number of aryl methyl sites for hydroxylation is 1. The Bertz CT molecular complexity index is 1640. The third-order valence-electron chi connectivity index (χ3n) is 6.33. The van der Waals surface area contributed by atoms with Crippen molar-refractivity contribution in [3.63, 3.8) is 0 Å².